The van der Waals surface area contributed by atoms with Crippen molar-refractivity contribution in [2.75, 3.05) is 19.0 Å². The van der Waals surface area contributed by atoms with Crippen molar-refractivity contribution in [3.05, 3.63) is 23.8 Å². The van der Waals surface area contributed by atoms with Crippen molar-refractivity contribution in [1.82, 2.24) is 4.72 Å². The summed E-state index contributed by atoms with van der Waals surface area (Å²) in [5, 5.41) is 2.57. The summed E-state index contributed by atoms with van der Waals surface area (Å²) in [5.74, 6) is 0.959. The molecule has 7 nitrogen and oxygen atoms in total. The van der Waals surface area contributed by atoms with E-state index < -0.39 is 15.9 Å². The van der Waals surface area contributed by atoms with E-state index in [1.54, 1.807) is 19.1 Å². The van der Waals surface area contributed by atoms with Crippen LogP contribution in [0, 0.1) is 24.7 Å². The summed E-state index contributed by atoms with van der Waals surface area (Å²) < 4.78 is 31.4. The van der Waals surface area contributed by atoms with Crippen molar-refractivity contribution in [3.8, 4) is 0 Å². The molecular formula is C19H26N2O5S. The standard InChI is InChI=1S/C19H26N2O5S/c1-12-3-6-16(10-17(12)27(24,25)20-2)21-18(22)11-26-19(23)9-15-8-13-4-5-14(15)7-13/h3,6,10,13-15,20H,4-5,7-9,11H2,1-2H3,(H,21,22)/t13-,14-,15+/m1/s1. The molecule has 2 bridgehead atoms. The molecule has 0 saturated heterocycles. The van der Waals surface area contributed by atoms with E-state index in [9.17, 15) is 18.0 Å². The third kappa shape index (κ3) is 4.68. The van der Waals surface area contributed by atoms with Crippen molar-refractivity contribution in [2.45, 2.75) is 43.9 Å². The zero-order chi connectivity index (χ0) is 19.6. The Kier molecular flexibility index (Phi) is 5.86. The summed E-state index contributed by atoms with van der Waals surface area (Å²) in [6.45, 7) is 1.30. The molecule has 2 fully saturated rings. The number of fused-ring (bicyclic) bond motifs is 2. The average molecular weight is 394 g/mol. The largest absolute Gasteiger partial charge is 0.456 e. The van der Waals surface area contributed by atoms with E-state index in [2.05, 4.69) is 10.0 Å². The number of rotatable bonds is 7. The number of benzene rings is 1. The monoisotopic (exact) mass is 394 g/mol. The van der Waals surface area contributed by atoms with Gasteiger partial charge in [-0.2, -0.15) is 0 Å². The number of carbonyl (C=O) groups is 2. The summed E-state index contributed by atoms with van der Waals surface area (Å²) >= 11 is 0. The number of amides is 1. The Bertz CT molecular complexity index is 837. The van der Waals surface area contributed by atoms with Gasteiger partial charge < -0.3 is 10.1 Å². The number of sulfonamides is 1. The number of hydrogen-bond donors (Lipinski definition) is 2. The average Bonchev–Trinajstić information content (AvgIpc) is 3.24. The van der Waals surface area contributed by atoms with E-state index in [1.165, 1.54) is 32.4 Å². The summed E-state index contributed by atoms with van der Waals surface area (Å²) in [5.41, 5.74) is 0.906. The van der Waals surface area contributed by atoms with Gasteiger partial charge in [0.1, 0.15) is 0 Å². The number of esters is 1. The summed E-state index contributed by atoms with van der Waals surface area (Å²) in [4.78, 5) is 24.1. The minimum absolute atomic E-state index is 0.0936. The smallest absolute Gasteiger partial charge is 0.306 e. The number of ether oxygens (including phenoxy) is 1. The maximum atomic E-state index is 12.0. The molecule has 27 heavy (non-hydrogen) atoms. The highest BCUT2D eigenvalue weighted by Crippen LogP contribution is 2.49. The molecule has 1 aromatic carbocycles. The van der Waals surface area contributed by atoms with Crippen LogP contribution in [0.4, 0.5) is 5.69 Å². The molecule has 0 spiro atoms. The van der Waals surface area contributed by atoms with Crippen LogP contribution in [0.1, 0.15) is 37.7 Å². The molecule has 0 radical (unpaired) electrons. The van der Waals surface area contributed by atoms with E-state index in [4.69, 9.17) is 4.74 Å². The number of nitrogens with one attached hydrogen (secondary N) is 2. The van der Waals surface area contributed by atoms with Crippen LogP contribution in [-0.4, -0.2) is 33.9 Å². The van der Waals surface area contributed by atoms with Gasteiger partial charge >= 0.3 is 5.97 Å². The Morgan fingerprint density at radius 1 is 1.22 bits per heavy atom. The maximum Gasteiger partial charge on any atom is 0.306 e. The lowest BCUT2D eigenvalue weighted by atomic mass is 9.86. The lowest BCUT2D eigenvalue weighted by Crippen LogP contribution is -2.24. The van der Waals surface area contributed by atoms with Crippen LogP contribution in [0.15, 0.2) is 23.1 Å². The predicted octanol–water partition coefficient (Wildman–Crippen LogP) is 2.21. The predicted molar refractivity (Wildman–Crippen MR) is 101 cm³/mol. The fraction of sp³-hybridized carbons (Fsp3) is 0.579. The molecule has 0 unspecified atom stereocenters. The van der Waals surface area contributed by atoms with E-state index in [0.29, 0.717) is 29.5 Å². The van der Waals surface area contributed by atoms with Gasteiger partial charge in [-0.15, -0.1) is 0 Å². The highest BCUT2D eigenvalue weighted by molar-refractivity contribution is 7.89. The van der Waals surface area contributed by atoms with Gasteiger partial charge in [-0.1, -0.05) is 12.5 Å². The Morgan fingerprint density at radius 2 is 2.00 bits per heavy atom. The van der Waals surface area contributed by atoms with Crippen LogP contribution in [0.5, 0.6) is 0 Å². The van der Waals surface area contributed by atoms with Crippen LogP contribution in [0.3, 0.4) is 0 Å². The van der Waals surface area contributed by atoms with Gasteiger partial charge in [0.25, 0.3) is 5.91 Å². The van der Waals surface area contributed by atoms with Gasteiger partial charge in [0.15, 0.2) is 6.61 Å². The van der Waals surface area contributed by atoms with Crippen LogP contribution in [0.2, 0.25) is 0 Å². The first kappa shape index (κ1) is 19.8. The first-order valence-electron chi connectivity index (χ1n) is 9.28. The zero-order valence-corrected chi connectivity index (χ0v) is 16.5. The lowest BCUT2D eigenvalue weighted by molar-refractivity contribution is -0.148. The zero-order valence-electron chi connectivity index (χ0n) is 15.7. The van der Waals surface area contributed by atoms with Crippen LogP contribution >= 0.6 is 0 Å². The van der Waals surface area contributed by atoms with Crippen molar-refractivity contribution >= 4 is 27.6 Å². The Hall–Kier alpha value is -1.93. The minimum atomic E-state index is -3.62. The topological polar surface area (TPSA) is 102 Å². The molecule has 2 saturated carbocycles. The lowest BCUT2D eigenvalue weighted by Gasteiger charge is -2.20. The molecule has 0 heterocycles. The normalized spacial score (nSPS) is 24.0. The van der Waals surface area contributed by atoms with E-state index in [-0.39, 0.29) is 17.5 Å². The van der Waals surface area contributed by atoms with Gasteiger partial charge in [0.05, 0.1) is 4.90 Å². The van der Waals surface area contributed by atoms with Crippen molar-refractivity contribution < 1.29 is 22.7 Å². The Labute approximate surface area is 159 Å². The number of hydrogen-bond acceptors (Lipinski definition) is 5. The van der Waals surface area contributed by atoms with E-state index in [0.717, 1.165) is 12.3 Å². The van der Waals surface area contributed by atoms with Crippen molar-refractivity contribution in [3.63, 3.8) is 0 Å². The van der Waals surface area contributed by atoms with Gasteiger partial charge in [-0.3, -0.25) is 9.59 Å². The maximum absolute atomic E-state index is 12.0. The molecule has 148 valence electrons. The SMILES string of the molecule is CNS(=O)(=O)c1cc(NC(=O)COC(=O)C[C@@H]2C[C@@H]3CC[C@@H]2C3)ccc1C. The molecule has 8 heteroatoms. The second kappa shape index (κ2) is 7.98. The number of anilines is 1. The molecule has 1 aromatic rings. The first-order valence-corrected chi connectivity index (χ1v) is 10.8. The number of aryl methyl sites for hydroxylation is 1. The van der Waals surface area contributed by atoms with Gasteiger partial charge in [0, 0.05) is 12.1 Å². The van der Waals surface area contributed by atoms with E-state index >= 15 is 0 Å². The van der Waals surface area contributed by atoms with Crippen molar-refractivity contribution in [2.24, 2.45) is 17.8 Å². The molecule has 3 rings (SSSR count). The van der Waals surface area contributed by atoms with Crippen LogP contribution < -0.4 is 10.0 Å². The molecule has 2 N–H and O–H groups in total. The highest BCUT2D eigenvalue weighted by Gasteiger charge is 2.40. The van der Waals surface area contributed by atoms with E-state index in [1.807, 2.05) is 0 Å². The molecule has 0 aliphatic heterocycles. The summed E-state index contributed by atoms with van der Waals surface area (Å²) in [6.07, 6.45) is 5.18. The molecule has 2 aliphatic carbocycles. The Morgan fingerprint density at radius 3 is 2.63 bits per heavy atom. The summed E-state index contributed by atoms with van der Waals surface area (Å²) in [6, 6.07) is 4.61. The molecule has 0 aromatic heterocycles. The third-order valence-corrected chi connectivity index (χ3v) is 7.26. The Balaban J connectivity index is 1.50. The van der Waals surface area contributed by atoms with Gasteiger partial charge in [0.2, 0.25) is 10.0 Å². The van der Waals surface area contributed by atoms with Crippen molar-refractivity contribution in [1.29, 1.82) is 0 Å². The second-order valence-electron chi connectivity index (χ2n) is 7.54. The molecule has 1 amide bonds. The minimum Gasteiger partial charge on any atom is -0.456 e. The molecule has 2 aliphatic rings. The first-order chi connectivity index (χ1) is 12.8. The fourth-order valence-corrected chi connectivity index (χ4v) is 5.31. The third-order valence-electron chi connectivity index (χ3n) is 5.71. The highest BCUT2D eigenvalue weighted by atomic mass is 32.2. The van der Waals surface area contributed by atoms with Crippen LogP contribution in [0.25, 0.3) is 0 Å². The van der Waals surface area contributed by atoms with Gasteiger partial charge in [-0.05, 0) is 68.7 Å². The second-order valence-corrected chi connectivity index (χ2v) is 9.39. The molecule has 3 atom stereocenters. The summed E-state index contributed by atoms with van der Waals surface area (Å²) in [7, 11) is -2.29. The van der Waals surface area contributed by atoms with Crippen LogP contribution in [-0.2, 0) is 24.3 Å². The quantitative estimate of drug-likeness (QED) is 0.691. The van der Waals surface area contributed by atoms with Gasteiger partial charge in [-0.25, -0.2) is 13.1 Å². The fourth-order valence-electron chi connectivity index (χ4n) is 4.32. The number of carbonyl (C=O) groups excluding carboxylic acids is 2. The molecular weight excluding hydrogens is 368 g/mol.